The third kappa shape index (κ3) is 1.48. The van der Waals surface area contributed by atoms with Crippen molar-refractivity contribution < 1.29 is 4.92 Å². The fourth-order valence-electron chi connectivity index (χ4n) is 1.32. The van der Waals surface area contributed by atoms with Gasteiger partial charge in [-0.3, -0.25) is 14.9 Å². The van der Waals surface area contributed by atoms with Crippen LogP contribution in [-0.2, 0) is 0 Å². The van der Waals surface area contributed by atoms with Gasteiger partial charge in [-0.2, -0.15) is 5.26 Å². The maximum absolute atomic E-state index is 11.0. The number of nitrogens with zero attached hydrogens (tertiary/aromatic N) is 3. The predicted molar refractivity (Wildman–Crippen MR) is 53.7 cm³/mol. The number of hydrogen-bond donors (Lipinski definition) is 1. The first-order valence-electron chi connectivity index (χ1n) is 4.19. The van der Waals surface area contributed by atoms with Crippen molar-refractivity contribution >= 4 is 16.7 Å². The summed E-state index contributed by atoms with van der Waals surface area (Å²) in [5, 5.41) is 19.4. The van der Waals surface area contributed by atoms with Gasteiger partial charge in [-0.1, -0.05) is 0 Å². The molecular weight excluding hydrogens is 212 g/mol. The number of rotatable bonds is 1. The van der Waals surface area contributed by atoms with Crippen LogP contribution in [0.3, 0.4) is 0 Å². The van der Waals surface area contributed by atoms with Gasteiger partial charge in [-0.05, 0) is 6.07 Å². The van der Waals surface area contributed by atoms with Gasteiger partial charge >= 0.3 is 0 Å². The van der Waals surface area contributed by atoms with Crippen LogP contribution >= 0.6 is 0 Å². The number of aromatic nitrogens is 2. The first-order chi connectivity index (χ1) is 7.61. The van der Waals surface area contributed by atoms with Crippen molar-refractivity contribution in [2.45, 2.75) is 0 Å². The zero-order chi connectivity index (χ0) is 11.7. The zero-order valence-electron chi connectivity index (χ0n) is 7.80. The number of H-pyrrole nitrogens is 1. The molecule has 0 fully saturated rings. The molecule has 0 radical (unpaired) electrons. The van der Waals surface area contributed by atoms with E-state index in [1.165, 1.54) is 6.07 Å². The van der Waals surface area contributed by atoms with Crippen LogP contribution in [0.2, 0.25) is 0 Å². The highest BCUT2D eigenvalue weighted by molar-refractivity contribution is 5.79. The minimum Gasteiger partial charge on any atom is -0.319 e. The van der Waals surface area contributed by atoms with Crippen LogP contribution in [0.15, 0.2) is 23.1 Å². The number of aromatic amines is 1. The topological polar surface area (TPSA) is 113 Å². The summed E-state index contributed by atoms with van der Waals surface area (Å²) in [6.07, 6.45) is 1.05. The smallest absolute Gasteiger partial charge is 0.289 e. The minimum atomic E-state index is -0.677. The molecule has 0 atom stereocenters. The molecule has 2 rings (SSSR count). The number of nitro benzene ring substituents is 1. The molecule has 0 spiro atoms. The molecule has 0 saturated heterocycles. The monoisotopic (exact) mass is 216 g/mol. The molecule has 7 heteroatoms. The molecule has 0 amide bonds. The van der Waals surface area contributed by atoms with Gasteiger partial charge in [-0.15, -0.1) is 0 Å². The Morgan fingerprint density at radius 3 is 2.88 bits per heavy atom. The molecule has 78 valence electrons. The molecule has 1 N–H and O–H groups in total. The molecule has 1 heterocycles. The quantitative estimate of drug-likeness (QED) is 0.556. The molecule has 1 aromatic carbocycles. The van der Waals surface area contributed by atoms with Crippen molar-refractivity contribution in [1.82, 2.24) is 9.97 Å². The van der Waals surface area contributed by atoms with Gasteiger partial charge in [0.25, 0.3) is 11.2 Å². The van der Waals surface area contributed by atoms with Gasteiger partial charge in [0.15, 0.2) is 0 Å². The van der Waals surface area contributed by atoms with Crippen molar-refractivity contribution in [3.8, 4) is 6.07 Å². The standard InChI is InChI=1S/C9H4N4O3/c10-3-5-1-6-7(2-8(5)13(15)16)12-9(14)4-11-6/h1-2,4H,(H,12,14). The first-order valence-corrected chi connectivity index (χ1v) is 4.19. The van der Waals surface area contributed by atoms with Crippen LogP contribution in [0, 0.1) is 21.4 Å². The Bertz CT molecular complexity index is 683. The Hall–Kier alpha value is -2.75. The Balaban J connectivity index is 2.87. The summed E-state index contributed by atoms with van der Waals surface area (Å²) in [6.45, 7) is 0. The second-order valence-corrected chi connectivity index (χ2v) is 3.00. The molecule has 0 aliphatic carbocycles. The van der Waals surface area contributed by atoms with E-state index in [-0.39, 0.29) is 16.8 Å². The van der Waals surface area contributed by atoms with E-state index >= 15 is 0 Å². The summed E-state index contributed by atoms with van der Waals surface area (Å²) in [5.41, 5.74) is -0.317. The fraction of sp³-hybridized carbons (Fsp3) is 0. The lowest BCUT2D eigenvalue weighted by atomic mass is 10.1. The van der Waals surface area contributed by atoms with Crippen molar-refractivity contribution in [2.75, 3.05) is 0 Å². The molecule has 2 aromatic rings. The van der Waals surface area contributed by atoms with Crippen LogP contribution in [0.25, 0.3) is 11.0 Å². The molecule has 0 bridgehead atoms. The van der Waals surface area contributed by atoms with E-state index in [4.69, 9.17) is 5.26 Å². The summed E-state index contributed by atoms with van der Waals surface area (Å²) in [6, 6.07) is 4.10. The molecule has 0 aliphatic heterocycles. The summed E-state index contributed by atoms with van der Waals surface area (Å²) in [5.74, 6) is 0. The van der Waals surface area contributed by atoms with Crippen molar-refractivity contribution in [2.24, 2.45) is 0 Å². The number of nitro groups is 1. The lowest BCUT2D eigenvalue weighted by Gasteiger charge is -1.98. The summed E-state index contributed by atoms with van der Waals surface area (Å²) in [4.78, 5) is 27.1. The van der Waals surface area contributed by atoms with Gasteiger partial charge < -0.3 is 4.98 Å². The number of fused-ring (bicyclic) bond motifs is 1. The van der Waals surface area contributed by atoms with Gasteiger partial charge in [0.1, 0.15) is 11.6 Å². The highest BCUT2D eigenvalue weighted by Gasteiger charge is 2.15. The zero-order valence-corrected chi connectivity index (χ0v) is 7.80. The summed E-state index contributed by atoms with van der Waals surface area (Å²) in [7, 11) is 0. The van der Waals surface area contributed by atoms with Crippen molar-refractivity contribution in [1.29, 1.82) is 5.26 Å². The third-order valence-electron chi connectivity index (χ3n) is 2.01. The van der Waals surface area contributed by atoms with Gasteiger partial charge in [0.2, 0.25) is 0 Å². The highest BCUT2D eigenvalue weighted by atomic mass is 16.6. The van der Waals surface area contributed by atoms with Crippen molar-refractivity contribution in [3.63, 3.8) is 0 Å². The number of nitrogens with one attached hydrogen (secondary N) is 1. The first kappa shape index (κ1) is 9.79. The van der Waals surface area contributed by atoms with Crippen LogP contribution in [-0.4, -0.2) is 14.9 Å². The van der Waals surface area contributed by atoms with Crippen LogP contribution < -0.4 is 5.56 Å². The SMILES string of the molecule is N#Cc1cc2ncc(=O)[nH]c2cc1[N+](=O)[O-]. The lowest BCUT2D eigenvalue weighted by Crippen LogP contribution is -2.05. The molecule has 7 nitrogen and oxygen atoms in total. The fourth-order valence-corrected chi connectivity index (χ4v) is 1.32. The minimum absolute atomic E-state index is 0.0861. The van der Waals surface area contributed by atoms with Gasteiger partial charge in [0.05, 0.1) is 22.2 Å². The largest absolute Gasteiger partial charge is 0.319 e. The Labute approximate surface area is 88.1 Å². The molecule has 0 saturated carbocycles. The summed E-state index contributed by atoms with van der Waals surface area (Å²) >= 11 is 0. The normalized spacial score (nSPS) is 9.94. The van der Waals surface area contributed by atoms with Crippen molar-refractivity contribution in [3.05, 3.63) is 44.4 Å². The Morgan fingerprint density at radius 2 is 2.25 bits per heavy atom. The van der Waals surface area contributed by atoms with E-state index in [0.717, 1.165) is 12.3 Å². The van der Waals surface area contributed by atoms with Gasteiger partial charge in [-0.25, -0.2) is 4.98 Å². The van der Waals surface area contributed by atoms with E-state index in [2.05, 4.69) is 9.97 Å². The summed E-state index contributed by atoms with van der Waals surface area (Å²) < 4.78 is 0. The number of nitriles is 1. The van der Waals surface area contributed by atoms with E-state index in [1.54, 1.807) is 6.07 Å². The van der Waals surface area contributed by atoms with Crippen LogP contribution in [0.1, 0.15) is 5.56 Å². The predicted octanol–water partition coefficient (Wildman–Crippen LogP) is 0.703. The number of benzene rings is 1. The van der Waals surface area contributed by atoms with Crippen LogP contribution in [0.4, 0.5) is 5.69 Å². The van der Waals surface area contributed by atoms with E-state index in [0.29, 0.717) is 5.52 Å². The highest BCUT2D eigenvalue weighted by Crippen LogP contribution is 2.21. The van der Waals surface area contributed by atoms with E-state index in [9.17, 15) is 14.9 Å². The number of hydrogen-bond acceptors (Lipinski definition) is 5. The second-order valence-electron chi connectivity index (χ2n) is 3.00. The molecule has 16 heavy (non-hydrogen) atoms. The maximum Gasteiger partial charge on any atom is 0.289 e. The Morgan fingerprint density at radius 1 is 1.50 bits per heavy atom. The molecule has 1 aromatic heterocycles. The van der Waals surface area contributed by atoms with Gasteiger partial charge in [0, 0.05) is 6.07 Å². The maximum atomic E-state index is 11.0. The third-order valence-corrected chi connectivity index (χ3v) is 2.01. The lowest BCUT2D eigenvalue weighted by molar-refractivity contribution is -0.385. The average molecular weight is 216 g/mol. The Kier molecular flexibility index (Phi) is 2.10. The second kappa shape index (κ2) is 3.43. The molecule has 0 unspecified atom stereocenters. The average Bonchev–Trinajstić information content (AvgIpc) is 2.27. The molecule has 0 aliphatic rings. The van der Waals surface area contributed by atoms with E-state index < -0.39 is 10.5 Å². The molecular formula is C9H4N4O3. The van der Waals surface area contributed by atoms with E-state index in [1.807, 2.05) is 0 Å². The van der Waals surface area contributed by atoms with Crippen LogP contribution in [0.5, 0.6) is 0 Å².